The summed E-state index contributed by atoms with van der Waals surface area (Å²) in [5, 5.41) is 2.77. The second kappa shape index (κ2) is 8.48. The zero-order chi connectivity index (χ0) is 20.9. The summed E-state index contributed by atoms with van der Waals surface area (Å²) < 4.78 is 12.4. The molecule has 0 saturated heterocycles. The summed E-state index contributed by atoms with van der Waals surface area (Å²) in [4.78, 5) is 28.6. The number of carbonyl (C=O) groups excluding carboxylic acids is 2. The van der Waals surface area contributed by atoms with Gasteiger partial charge < -0.3 is 19.2 Å². The van der Waals surface area contributed by atoms with Crippen LogP contribution in [0.5, 0.6) is 5.75 Å². The van der Waals surface area contributed by atoms with Crippen molar-refractivity contribution in [3.05, 3.63) is 95.9 Å². The van der Waals surface area contributed by atoms with Crippen LogP contribution in [-0.2, 0) is 11.3 Å². The lowest BCUT2D eigenvalue weighted by molar-refractivity contribution is 0.0600. The number of benzene rings is 2. The van der Waals surface area contributed by atoms with E-state index in [0.717, 1.165) is 11.3 Å². The van der Waals surface area contributed by atoms with E-state index in [1.807, 2.05) is 35.0 Å². The molecule has 150 valence electrons. The van der Waals surface area contributed by atoms with E-state index in [4.69, 9.17) is 9.47 Å². The molecule has 2 aromatic carbocycles. The Kier molecular flexibility index (Phi) is 5.43. The zero-order valence-electron chi connectivity index (χ0n) is 16.2. The number of carbonyl (C=O) groups is 2. The molecule has 1 N–H and O–H groups in total. The Hall–Kier alpha value is -4.13. The van der Waals surface area contributed by atoms with Crippen LogP contribution >= 0.6 is 0 Å². The smallest absolute Gasteiger partial charge is 0.337 e. The van der Waals surface area contributed by atoms with Gasteiger partial charge in [0, 0.05) is 23.6 Å². The van der Waals surface area contributed by atoms with Crippen molar-refractivity contribution in [3.63, 3.8) is 0 Å². The van der Waals surface area contributed by atoms with Gasteiger partial charge in [0.1, 0.15) is 18.0 Å². The van der Waals surface area contributed by atoms with Crippen molar-refractivity contribution in [2.75, 3.05) is 12.4 Å². The maximum atomic E-state index is 12.5. The van der Waals surface area contributed by atoms with Gasteiger partial charge >= 0.3 is 5.97 Å². The molecular weight excluding hydrogens is 382 g/mol. The molecule has 4 aromatic rings. The lowest BCUT2D eigenvalue weighted by Gasteiger charge is -2.08. The van der Waals surface area contributed by atoms with E-state index in [1.165, 1.54) is 7.11 Å². The van der Waals surface area contributed by atoms with E-state index < -0.39 is 5.97 Å². The molecule has 0 atom stereocenters. The Morgan fingerprint density at radius 3 is 2.60 bits per heavy atom. The molecule has 0 bridgehead atoms. The van der Waals surface area contributed by atoms with Crippen LogP contribution in [0.3, 0.4) is 0 Å². The predicted octanol–water partition coefficient (Wildman–Crippen LogP) is 3.95. The van der Waals surface area contributed by atoms with Crippen LogP contribution in [0, 0.1) is 0 Å². The van der Waals surface area contributed by atoms with Crippen molar-refractivity contribution < 1.29 is 19.1 Å². The van der Waals surface area contributed by atoms with Gasteiger partial charge in [-0.25, -0.2) is 9.78 Å². The molecule has 0 fully saturated rings. The molecule has 0 saturated carbocycles. The van der Waals surface area contributed by atoms with Crippen molar-refractivity contribution in [2.45, 2.75) is 6.61 Å². The summed E-state index contributed by atoms with van der Waals surface area (Å²) in [6.07, 6.45) is 3.85. The van der Waals surface area contributed by atoms with Gasteiger partial charge in [0.25, 0.3) is 5.91 Å². The first-order chi connectivity index (χ1) is 14.6. The van der Waals surface area contributed by atoms with Crippen LogP contribution in [-0.4, -0.2) is 28.4 Å². The first-order valence-electron chi connectivity index (χ1n) is 9.27. The molecule has 4 rings (SSSR count). The summed E-state index contributed by atoms with van der Waals surface area (Å²) in [6.45, 7) is 0.327. The van der Waals surface area contributed by atoms with E-state index in [-0.39, 0.29) is 5.91 Å². The van der Waals surface area contributed by atoms with Gasteiger partial charge in [-0.3, -0.25) is 4.79 Å². The lowest BCUT2D eigenvalue weighted by Crippen LogP contribution is -2.12. The van der Waals surface area contributed by atoms with Crippen LogP contribution in [0.25, 0.3) is 5.65 Å². The molecule has 0 unspecified atom stereocenters. The Labute approximate surface area is 172 Å². The molecule has 0 radical (unpaired) electrons. The molecule has 7 nitrogen and oxygen atoms in total. The minimum absolute atomic E-state index is 0.288. The summed E-state index contributed by atoms with van der Waals surface area (Å²) in [7, 11) is 1.31. The molecule has 2 aromatic heterocycles. The summed E-state index contributed by atoms with van der Waals surface area (Å²) in [5.41, 5.74) is 3.02. The lowest BCUT2D eigenvalue weighted by atomic mass is 10.1. The second-order valence-corrected chi connectivity index (χ2v) is 6.54. The fourth-order valence-electron chi connectivity index (χ4n) is 2.96. The van der Waals surface area contributed by atoms with Gasteiger partial charge in [-0.15, -0.1) is 0 Å². The molecule has 0 aliphatic carbocycles. The molecule has 30 heavy (non-hydrogen) atoms. The topological polar surface area (TPSA) is 81.9 Å². The molecule has 0 spiro atoms. The molecule has 1 amide bonds. The standard InChI is InChI=1S/C23H19N3O4/c1-29-23(28)17-5-4-6-18(13-17)25-22(27)16-8-10-20(11-9-16)30-15-19-14-26-12-3-2-7-21(26)24-19/h2-14H,15H2,1H3,(H,25,27). The highest BCUT2D eigenvalue weighted by Crippen LogP contribution is 2.17. The number of fused-ring (bicyclic) bond motifs is 1. The number of imidazole rings is 1. The van der Waals surface area contributed by atoms with E-state index in [9.17, 15) is 9.59 Å². The number of amides is 1. The van der Waals surface area contributed by atoms with E-state index in [2.05, 4.69) is 10.3 Å². The van der Waals surface area contributed by atoms with Gasteiger partial charge in [-0.1, -0.05) is 12.1 Å². The largest absolute Gasteiger partial charge is 0.487 e. The fourth-order valence-corrected chi connectivity index (χ4v) is 2.96. The van der Waals surface area contributed by atoms with Crippen molar-refractivity contribution in [2.24, 2.45) is 0 Å². The highest BCUT2D eigenvalue weighted by molar-refractivity contribution is 6.04. The Morgan fingerprint density at radius 1 is 1.00 bits per heavy atom. The number of ether oxygens (including phenoxy) is 2. The Morgan fingerprint density at radius 2 is 1.83 bits per heavy atom. The third kappa shape index (κ3) is 4.30. The third-order valence-electron chi connectivity index (χ3n) is 4.46. The molecule has 0 aliphatic heterocycles. The number of rotatable bonds is 6. The number of hydrogen-bond donors (Lipinski definition) is 1. The van der Waals surface area contributed by atoms with Crippen molar-refractivity contribution in [1.29, 1.82) is 0 Å². The summed E-state index contributed by atoms with van der Waals surface area (Å²) >= 11 is 0. The zero-order valence-corrected chi connectivity index (χ0v) is 16.2. The first-order valence-corrected chi connectivity index (χ1v) is 9.27. The Bertz CT molecular complexity index is 1170. The molecule has 0 aliphatic rings. The van der Waals surface area contributed by atoms with E-state index in [0.29, 0.717) is 29.2 Å². The van der Waals surface area contributed by atoms with Crippen LogP contribution in [0.4, 0.5) is 5.69 Å². The van der Waals surface area contributed by atoms with Gasteiger partial charge in [0.15, 0.2) is 0 Å². The Balaban J connectivity index is 1.38. The minimum Gasteiger partial charge on any atom is -0.487 e. The van der Waals surface area contributed by atoms with Gasteiger partial charge in [0.05, 0.1) is 18.4 Å². The number of methoxy groups -OCH3 is 1. The number of pyridine rings is 1. The average Bonchev–Trinajstić information content (AvgIpc) is 3.20. The number of anilines is 1. The molecule has 2 heterocycles. The molecular formula is C23H19N3O4. The SMILES string of the molecule is COC(=O)c1cccc(NC(=O)c2ccc(OCc3cn4ccccc4n3)cc2)c1. The summed E-state index contributed by atoms with van der Waals surface area (Å²) in [6, 6.07) is 19.2. The number of esters is 1. The normalized spacial score (nSPS) is 10.6. The van der Waals surface area contributed by atoms with Crippen molar-refractivity contribution in [1.82, 2.24) is 9.38 Å². The first kappa shape index (κ1) is 19.2. The number of hydrogen-bond acceptors (Lipinski definition) is 5. The predicted molar refractivity (Wildman–Crippen MR) is 112 cm³/mol. The second-order valence-electron chi connectivity index (χ2n) is 6.54. The quantitative estimate of drug-likeness (QED) is 0.495. The maximum Gasteiger partial charge on any atom is 0.337 e. The maximum absolute atomic E-state index is 12.5. The minimum atomic E-state index is -0.460. The van der Waals surface area contributed by atoms with E-state index in [1.54, 1.807) is 48.5 Å². The highest BCUT2D eigenvalue weighted by atomic mass is 16.5. The molecule has 7 heteroatoms. The fraction of sp³-hybridized carbons (Fsp3) is 0.0870. The third-order valence-corrected chi connectivity index (χ3v) is 4.46. The number of nitrogens with zero attached hydrogens (tertiary/aromatic N) is 2. The van der Waals surface area contributed by atoms with Crippen LogP contribution in [0.15, 0.2) is 79.1 Å². The monoisotopic (exact) mass is 401 g/mol. The van der Waals surface area contributed by atoms with E-state index >= 15 is 0 Å². The van der Waals surface area contributed by atoms with Gasteiger partial charge in [-0.05, 0) is 54.6 Å². The van der Waals surface area contributed by atoms with Crippen LogP contribution in [0.2, 0.25) is 0 Å². The van der Waals surface area contributed by atoms with Crippen LogP contribution < -0.4 is 10.1 Å². The summed E-state index contributed by atoms with van der Waals surface area (Å²) in [5.74, 6) is -0.113. The number of aromatic nitrogens is 2. The van der Waals surface area contributed by atoms with Crippen LogP contribution in [0.1, 0.15) is 26.4 Å². The van der Waals surface area contributed by atoms with Crippen molar-refractivity contribution >= 4 is 23.2 Å². The van der Waals surface area contributed by atoms with Gasteiger partial charge in [-0.2, -0.15) is 0 Å². The average molecular weight is 401 g/mol. The number of nitrogens with one attached hydrogen (secondary N) is 1. The van der Waals surface area contributed by atoms with Crippen molar-refractivity contribution in [3.8, 4) is 5.75 Å². The van der Waals surface area contributed by atoms with Gasteiger partial charge in [0.2, 0.25) is 0 Å². The highest BCUT2D eigenvalue weighted by Gasteiger charge is 2.10.